The molecule has 0 unspecified atom stereocenters. The average Bonchev–Trinajstić information content (AvgIpc) is 2.52. The summed E-state index contributed by atoms with van der Waals surface area (Å²) in [4.78, 5) is 14.2. The fourth-order valence-electron chi connectivity index (χ4n) is 2.89. The van der Waals surface area contributed by atoms with Gasteiger partial charge in [-0.05, 0) is 37.2 Å². The summed E-state index contributed by atoms with van der Waals surface area (Å²) in [5.41, 5.74) is 1.43. The molecule has 1 heterocycles. The highest BCUT2D eigenvalue weighted by molar-refractivity contribution is 9.09. The number of nitrogens with zero attached hydrogens (tertiary/aromatic N) is 1. The van der Waals surface area contributed by atoms with Crippen molar-refractivity contribution in [2.45, 2.75) is 44.4 Å². The number of alkyl halides is 1. The number of hydrogen-bond acceptors (Lipinski definition) is 1. The molecule has 110 valence electrons. The Hall–Kier alpha value is -0.830. The molecule has 0 aliphatic carbocycles. The third-order valence-corrected chi connectivity index (χ3v) is 4.70. The van der Waals surface area contributed by atoms with E-state index in [4.69, 9.17) is 0 Å². The van der Waals surface area contributed by atoms with Gasteiger partial charge >= 0.3 is 0 Å². The second kappa shape index (κ2) is 8.46. The molecule has 1 aliphatic rings. The molecule has 1 saturated heterocycles. The Bertz CT molecular complexity index is 399. The fraction of sp³-hybridized carbons (Fsp3) is 0.588. The monoisotopic (exact) mass is 337 g/mol. The molecule has 1 aromatic rings. The summed E-state index contributed by atoms with van der Waals surface area (Å²) in [5.74, 6) is 0.986. The van der Waals surface area contributed by atoms with Crippen LogP contribution in [-0.2, 0) is 4.79 Å². The summed E-state index contributed by atoms with van der Waals surface area (Å²) < 4.78 is 0. The molecular formula is C17H24BrNO. The van der Waals surface area contributed by atoms with E-state index in [9.17, 15) is 4.79 Å². The van der Waals surface area contributed by atoms with E-state index in [1.807, 2.05) is 0 Å². The van der Waals surface area contributed by atoms with Gasteiger partial charge in [0.15, 0.2) is 0 Å². The second-order valence-electron chi connectivity index (χ2n) is 5.57. The van der Waals surface area contributed by atoms with Crippen molar-refractivity contribution in [2.75, 3.05) is 18.4 Å². The van der Waals surface area contributed by atoms with Gasteiger partial charge in [-0.3, -0.25) is 4.79 Å². The SMILES string of the molecule is O=C(CCCCCBr)N1CCC(c2ccccc2)CC1. The number of rotatable bonds is 6. The van der Waals surface area contributed by atoms with Gasteiger partial charge in [-0.2, -0.15) is 0 Å². The standard InChI is InChI=1S/C17H24BrNO/c18-12-6-2-5-9-17(20)19-13-10-16(11-14-19)15-7-3-1-4-8-15/h1,3-4,7-8,16H,2,5-6,9-14H2. The molecule has 20 heavy (non-hydrogen) atoms. The first-order valence-corrected chi connectivity index (χ1v) is 8.82. The van der Waals surface area contributed by atoms with Crippen LogP contribution in [0.2, 0.25) is 0 Å². The van der Waals surface area contributed by atoms with Crippen LogP contribution in [0.4, 0.5) is 0 Å². The Balaban J connectivity index is 1.72. The van der Waals surface area contributed by atoms with Gasteiger partial charge in [-0.1, -0.05) is 52.7 Å². The third kappa shape index (κ3) is 4.62. The predicted octanol–water partition coefficient (Wildman–Crippen LogP) is 4.35. The topological polar surface area (TPSA) is 20.3 Å². The van der Waals surface area contributed by atoms with Gasteiger partial charge in [0, 0.05) is 24.8 Å². The maximum atomic E-state index is 12.1. The number of carbonyl (C=O) groups is 1. The summed E-state index contributed by atoms with van der Waals surface area (Å²) in [6, 6.07) is 10.7. The molecule has 0 radical (unpaired) electrons. The van der Waals surface area contributed by atoms with Crippen LogP contribution in [0.25, 0.3) is 0 Å². The minimum absolute atomic E-state index is 0.353. The summed E-state index contributed by atoms with van der Waals surface area (Å²) >= 11 is 3.43. The van der Waals surface area contributed by atoms with E-state index in [0.29, 0.717) is 11.8 Å². The van der Waals surface area contributed by atoms with E-state index in [-0.39, 0.29) is 0 Å². The van der Waals surface area contributed by atoms with Crippen molar-refractivity contribution >= 4 is 21.8 Å². The Labute approximate surface area is 130 Å². The van der Waals surface area contributed by atoms with Crippen molar-refractivity contribution < 1.29 is 4.79 Å². The normalized spacial score (nSPS) is 16.4. The van der Waals surface area contributed by atoms with Crippen LogP contribution in [-0.4, -0.2) is 29.2 Å². The smallest absolute Gasteiger partial charge is 0.222 e. The second-order valence-corrected chi connectivity index (χ2v) is 6.36. The van der Waals surface area contributed by atoms with E-state index in [1.54, 1.807) is 0 Å². The van der Waals surface area contributed by atoms with E-state index < -0.39 is 0 Å². The largest absolute Gasteiger partial charge is 0.343 e. The summed E-state index contributed by atoms with van der Waals surface area (Å²) in [6.45, 7) is 1.85. The van der Waals surface area contributed by atoms with Gasteiger partial charge in [0.1, 0.15) is 0 Å². The fourth-order valence-corrected chi connectivity index (χ4v) is 3.29. The van der Waals surface area contributed by atoms with Crippen molar-refractivity contribution in [3.8, 4) is 0 Å². The van der Waals surface area contributed by atoms with Crippen molar-refractivity contribution in [1.82, 2.24) is 4.90 Å². The van der Waals surface area contributed by atoms with Crippen LogP contribution in [0.15, 0.2) is 30.3 Å². The number of amides is 1. The molecule has 0 aromatic heterocycles. The summed E-state index contributed by atoms with van der Waals surface area (Å²) in [6.07, 6.45) is 6.29. The zero-order chi connectivity index (χ0) is 14.2. The maximum Gasteiger partial charge on any atom is 0.222 e. The van der Waals surface area contributed by atoms with Crippen molar-refractivity contribution in [3.63, 3.8) is 0 Å². The first-order chi connectivity index (χ1) is 9.81. The molecule has 0 saturated carbocycles. The van der Waals surface area contributed by atoms with Crippen LogP contribution >= 0.6 is 15.9 Å². The van der Waals surface area contributed by atoms with Gasteiger partial charge in [0.25, 0.3) is 0 Å². The number of unbranched alkanes of at least 4 members (excludes halogenated alkanes) is 2. The lowest BCUT2D eigenvalue weighted by molar-refractivity contribution is -0.132. The Morgan fingerprint density at radius 3 is 2.45 bits per heavy atom. The number of halogens is 1. The number of hydrogen-bond donors (Lipinski definition) is 0. The quantitative estimate of drug-likeness (QED) is 0.558. The predicted molar refractivity (Wildman–Crippen MR) is 87.3 cm³/mol. The summed E-state index contributed by atoms with van der Waals surface area (Å²) in [7, 11) is 0. The molecule has 1 aromatic carbocycles. The van der Waals surface area contributed by atoms with Crippen LogP contribution in [0, 0.1) is 0 Å². The minimum atomic E-state index is 0.353. The molecule has 1 aliphatic heterocycles. The van der Waals surface area contributed by atoms with E-state index in [1.165, 1.54) is 12.0 Å². The van der Waals surface area contributed by atoms with E-state index >= 15 is 0 Å². The molecule has 0 spiro atoms. The van der Waals surface area contributed by atoms with Crippen LogP contribution in [0.5, 0.6) is 0 Å². The molecule has 0 N–H and O–H groups in total. The highest BCUT2D eigenvalue weighted by Crippen LogP contribution is 2.28. The zero-order valence-electron chi connectivity index (χ0n) is 12.1. The van der Waals surface area contributed by atoms with Crippen molar-refractivity contribution in [1.29, 1.82) is 0 Å². The van der Waals surface area contributed by atoms with Crippen molar-refractivity contribution in [3.05, 3.63) is 35.9 Å². The lowest BCUT2D eigenvalue weighted by Gasteiger charge is -2.32. The lowest BCUT2D eigenvalue weighted by atomic mass is 9.89. The molecule has 1 amide bonds. The molecule has 1 fully saturated rings. The maximum absolute atomic E-state index is 12.1. The van der Waals surface area contributed by atoms with E-state index in [0.717, 1.165) is 50.5 Å². The summed E-state index contributed by atoms with van der Waals surface area (Å²) in [5, 5.41) is 1.05. The Morgan fingerprint density at radius 1 is 1.10 bits per heavy atom. The average molecular weight is 338 g/mol. The van der Waals surface area contributed by atoms with Crippen molar-refractivity contribution in [2.24, 2.45) is 0 Å². The molecule has 0 atom stereocenters. The molecule has 2 nitrogen and oxygen atoms in total. The highest BCUT2D eigenvalue weighted by atomic mass is 79.9. The van der Waals surface area contributed by atoms with Gasteiger partial charge in [-0.15, -0.1) is 0 Å². The number of benzene rings is 1. The number of piperidine rings is 1. The van der Waals surface area contributed by atoms with Crippen LogP contribution < -0.4 is 0 Å². The third-order valence-electron chi connectivity index (χ3n) is 4.14. The Morgan fingerprint density at radius 2 is 1.80 bits per heavy atom. The molecular weight excluding hydrogens is 314 g/mol. The number of carbonyl (C=O) groups excluding carboxylic acids is 1. The van der Waals surface area contributed by atoms with Gasteiger partial charge in [-0.25, -0.2) is 0 Å². The zero-order valence-corrected chi connectivity index (χ0v) is 13.6. The highest BCUT2D eigenvalue weighted by Gasteiger charge is 2.23. The van der Waals surface area contributed by atoms with Crippen LogP contribution in [0.1, 0.15) is 50.0 Å². The molecule has 0 bridgehead atoms. The van der Waals surface area contributed by atoms with Gasteiger partial charge in [0.05, 0.1) is 0 Å². The Kier molecular flexibility index (Phi) is 6.58. The molecule has 3 heteroatoms. The minimum Gasteiger partial charge on any atom is -0.343 e. The first-order valence-electron chi connectivity index (χ1n) is 7.70. The van der Waals surface area contributed by atoms with Crippen LogP contribution in [0.3, 0.4) is 0 Å². The van der Waals surface area contributed by atoms with E-state index in [2.05, 4.69) is 51.2 Å². The molecule has 2 rings (SSSR count). The van der Waals surface area contributed by atoms with Gasteiger partial charge in [0.2, 0.25) is 5.91 Å². The van der Waals surface area contributed by atoms with Gasteiger partial charge < -0.3 is 4.90 Å². The lowest BCUT2D eigenvalue weighted by Crippen LogP contribution is -2.37. The first kappa shape index (κ1) is 15.6. The number of likely N-dealkylation sites (tertiary alicyclic amines) is 1.